The molecule has 0 saturated heterocycles. The zero-order valence-corrected chi connectivity index (χ0v) is 11.4. The first-order chi connectivity index (χ1) is 9.03. The van der Waals surface area contributed by atoms with E-state index in [1.807, 2.05) is 13.0 Å². The van der Waals surface area contributed by atoms with Crippen LogP contribution in [0.1, 0.15) is 11.1 Å². The summed E-state index contributed by atoms with van der Waals surface area (Å²) in [5, 5.41) is 11.9. The molecular formula is C13H20N2O4. The molecule has 0 aliphatic carbocycles. The molecule has 1 unspecified atom stereocenters. The predicted molar refractivity (Wildman–Crippen MR) is 71.2 cm³/mol. The number of hydrogen-bond acceptors (Lipinski definition) is 5. The van der Waals surface area contributed by atoms with E-state index in [1.165, 1.54) is 0 Å². The van der Waals surface area contributed by atoms with E-state index in [1.54, 1.807) is 20.3 Å². The van der Waals surface area contributed by atoms with E-state index in [4.69, 9.17) is 15.2 Å². The Hall–Kier alpha value is -1.79. The number of nitrogens with one attached hydrogen (secondary N) is 1. The molecule has 0 aliphatic heterocycles. The summed E-state index contributed by atoms with van der Waals surface area (Å²) < 4.78 is 10.4. The molecule has 6 heteroatoms. The molecule has 0 radical (unpaired) electrons. The van der Waals surface area contributed by atoms with E-state index in [0.29, 0.717) is 18.0 Å². The van der Waals surface area contributed by atoms with E-state index >= 15 is 0 Å². The van der Waals surface area contributed by atoms with Gasteiger partial charge in [-0.25, -0.2) is 0 Å². The van der Waals surface area contributed by atoms with Crippen LogP contribution in [0.5, 0.6) is 11.5 Å². The first kappa shape index (κ1) is 15.3. The van der Waals surface area contributed by atoms with E-state index in [0.717, 1.165) is 11.1 Å². The molecule has 19 heavy (non-hydrogen) atoms. The summed E-state index contributed by atoms with van der Waals surface area (Å²) in [6, 6.07) is 3.63. The quantitative estimate of drug-likeness (QED) is 0.672. The van der Waals surface area contributed by atoms with E-state index in [9.17, 15) is 9.90 Å². The number of benzene rings is 1. The van der Waals surface area contributed by atoms with Crippen LogP contribution in [0.3, 0.4) is 0 Å². The molecule has 1 aromatic carbocycles. The van der Waals surface area contributed by atoms with Crippen molar-refractivity contribution in [2.24, 2.45) is 5.73 Å². The van der Waals surface area contributed by atoms with Gasteiger partial charge in [-0.05, 0) is 30.2 Å². The summed E-state index contributed by atoms with van der Waals surface area (Å²) in [4.78, 5) is 11.4. The molecule has 106 valence electrons. The van der Waals surface area contributed by atoms with Gasteiger partial charge in [0.15, 0.2) is 11.5 Å². The van der Waals surface area contributed by atoms with Gasteiger partial charge in [0.05, 0.1) is 14.2 Å². The van der Waals surface area contributed by atoms with Crippen LogP contribution in [0, 0.1) is 6.92 Å². The average molecular weight is 268 g/mol. The fraction of sp³-hybridized carbons (Fsp3) is 0.462. The molecule has 0 fully saturated rings. The van der Waals surface area contributed by atoms with E-state index in [-0.39, 0.29) is 6.54 Å². The number of carbonyl (C=O) groups is 1. The van der Waals surface area contributed by atoms with Crippen molar-refractivity contribution in [3.63, 3.8) is 0 Å². The smallest absolute Gasteiger partial charge is 0.250 e. The molecule has 1 amide bonds. The minimum Gasteiger partial charge on any atom is -0.493 e. The number of carbonyl (C=O) groups excluding carboxylic acids is 1. The normalized spacial score (nSPS) is 11.8. The lowest BCUT2D eigenvalue weighted by Crippen LogP contribution is -2.38. The summed E-state index contributed by atoms with van der Waals surface area (Å²) in [5.74, 6) is 0.741. The zero-order valence-electron chi connectivity index (χ0n) is 11.4. The van der Waals surface area contributed by atoms with Crippen molar-refractivity contribution < 1.29 is 19.4 Å². The summed E-state index contributed by atoms with van der Waals surface area (Å²) in [7, 11) is 3.12. The number of ether oxygens (including phenoxy) is 2. The summed E-state index contributed by atoms with van der Waals surface area (Å²) in [5.41, 5.74) is 7.05. The van der Waals surface area contributed by atoms with Crippen LogP contribution >= 0.6 is 0 Å². The highest BCUT2D eigenvalue weighted by atomic mass is 16.5. The van der Waals surface area contributed by atoms with Gasteiger partial charge in [0.2, 0.25) is 5.91 Å². The van der Waals surface area contributed by atoms with Crippen molar-refractivity contribution >= 4 is 5.91 Å². The molecule has 0 heterocycles. The van der Waals surface area contributed by atoms with Crippen molar-refractivity contribution in [2.45, 2.75) is 19.6 Å². The van der Waals surface area contributed by atoms with Crippen molar-refractivity contribution in [3.05, 3.63) is 23.3 Å². The van der Waals surface area contributed by atoms with Gasteiger partial charge in [-0.1, -0.05) is 0 Å². The number of rotatable bonds is 6. The van der Waals surface area contributed by atoms with Gasteiger partial charge in [-0.2, -0.15) is 0 Å². The standard InChI is InChI=1S/C13H20N2O4/c1-8-4-11(18-2)12(19-3)5-9(8)7-15-13(17)10(16)6-14/h4-5,10,16H,6-7,14H2,1-3H3,(H,15,17). The minimum absolute atomic E-state index is 0.100. The monoisotopic (exact) mass is 268 g/mol. The van der Waals surface area contributed by atoms with Crippen LogP contribution in [0.2, 0.25) is 0 Å². The Morgan fingerprint density at radius 2 is 1.95 bits per heavy atom. The van der Waals surface area contributed by atoms with E-state index < -0.39 is 12.0 Å². The first-order valence-electron chi connectivity index (χ1n) is 5.90. The molecular weight excluding hydrogens is 248 g/mol. The maximum absolute atomic E-state index is 11.4. The van der Waals surface area contributed by atoms with Crippen molar-refractivity contribution in [1.82, 2.24) is 5.32 Å². The molecule has 0 saturated carbocycles. The Morgan fingerprint density at radius 1 is 1.37 bits per heavy atom. The molecule has 1 atom stereocenters. The summed E-state index contributed by atoms with van der Waals surface area (Å²) in [6.07, 6.45) is -1.18. The number of aryl methyl sites for hydroxylation is 1. The van der Waals surface area contributed by atoms with Crippen LogP contribution in [-0.2, 0) is 11.3 Å². The number of aliphatic hydroxyl groups is 1. The predicted octanol–water partition coefficient (Wildman–Crippen LogP) is -0.0520. The lowest BCUT2D eigenvalue weighted by Gasteiger charge is -2.14. The van der Waals surface area contributed by atoms with Crippen LogP contribution in [0.15, 0.2) is 12.1 Å². The van der Waals surface area contributed by atoms with Gasteiger partial charge in [0.25, 0.3) is 0 Å². The third-order valence-electron chi connectivity index (χ3n) is 2.82. The highest BCUT2D eigenvalue weighted by molar-refractivity contribution is 5.80. The number of amides is 1. The van der Waals surface area contributed by atoms with Crippen LogP contribution in [-0.4, -0.2) is 37.9 Å². The van der Waals surface area contributed by atoms with Crippen LogP contribution < -0.4 is 20.5 Å². The number of aliphatic hydroxyl groups excluding tert-OH is 1. The van der Waals surface area contributed by atoms with Crippen molar-refractivity contribution in [2.75, 3.05) is 20.8 Å². The Labute approximate surface area is 112 Å². The Bertz CT molecular complexity index is 449. The Kier molecular flexibility index (Phi) is 5.59. The zero-order chi connectivity index (χ0) is 14.4. The molecule has 4 N–H and O–H groups in total. The largest absolute Gasteiger partial charge is 0.493 e. The lowest BCUT2D eigenvalue weighted by molar-refractivity contribution is -0.128. The summed E-state index contributed by atoms with van der Waals surface area (Å²) in [6.45, 7) is 2.10. The minimum atomic E-state index is -1.18. The average Bonchev–Trinajstić information content (AvgIpc) is 2.44. The van der Waals surface area contributed by atoms with Crippen LogP contribution in [0.25, 0.3) is 0 Å². The Balaban J connectivity index is 2.81. The fourth-order valence-electron chi connectivity index (χ4n) is 1.62. The molecule has 0 aliphatic rings. The van der Waals surface area contributed by atoms with E-state index in [2.05, 4.69) is 5.32 Å². The second-order valence-electron chi connectivity index (χ2n) is 4.10. The lowest BCUT2D eigenvalue weighted by atomic mass is 10.1. The van der Waals surface area contributed by atoms with Crippen molar-refractivity contribution in [1.29, 1.82) is 0 Å². The molecule has 1 rings (SSSR count). The highest BCUT2D eigenvalue weighted by Crippen LogP contribution is 2.30. The first-order valence-corrected chi connectivity index (χ1v) is 5.90. The van der Waals surface area contributed by atoms with Gasteiger partial charge < -0.3 is 25.6 Å². The molecule has 0 aromatic heterocycles. The third-order valence-corrected chi connectivity index (χ3v) is 2.82. The molecule has 0 bridgehead atoms. The third kappa shape index (κ3) is 3.84. The van der Waals surface area contributed by atoms with Gasteiger partial charge in [-0.3, -0.25) is 4.79 Å². The Morgan fingerprint density at radius 3 is 2.47 bits per heavy atom. The van der Waals surface area contributed by atoms with Gasteiger partial charge in [0, 0.05) is 13.1 Å². The van der Waals surface area contributed by atoms with Crippen molar-refractivity contribution in [3.8, 4) is 11.5 Å². The fourth-order valence-corrected chi connectivity index (χ4v) is 1.62. The second kappa shape index (κ2) is 6.96. The number of nitrogens with two attached hydrogens (primary N) is 1. The number of methoxy groups -OCH3 is 2. The maximum atomic E-state index is 11.4. The molecule has 0 spiro atoms. The van der Waals surface area contributed by atoms with Gasteiger partial charge >= 0.3 is 0 Å². The highest BCUT2D eigenvalue weighted by Gasteiger charge is 2.14. The maximum Gasteiger partial charge on any atom is 0.250 e. The summed E-state index contributed by atoms with van der Waals surface area (Å²) >= 11 is 0. The SMILES string of the molecule is COc1cc(C)c(CNC(=O)C(O)CN)cc1OC. The molecule has 6 nitrogen and oxygen atoms in total. The topological polar surface area (TPSA) is 93.8 Å². The second-order valence-corrected chi connectivity index (χ2v) is 4.10. The van der Waals surface area contributed by atoms with Crippen LogP contribution in [0.4, 0.5) is 0 Å². The van der Waals surface area contributed by atoms with Gasteiger partial charge in [0.1, 0.15) is 6.10 Å². The number of hydrogen-bond donors (Lipinski definition) is 3. The molecule has 1 aromatic rings. The van der Waals surface area contributed by atoms with Gasteiger partial charge in [-0.15, -0.1) is 0 Å².